The topological polar surface area (TPSA) is 71.4 Å². The Kier molecular flexibility index (Phi) is 4.78. The van der Waals surface area contributed by atoms with E-state index in [4.69, 9.17) is 28.3 Å². The first-order valence-corrected chi connectivity index (χ1v) is 10.0. The van der Waals surface area contributed by atoms with Crippen LogP contribution < -0.4 is 0 Å². The Morgan fingerprint density at radius 2 is 2.00 bits per heavy atom. The van der Waals surface area contributed by atoms with Crippen molar-refractivity contribution in [2.45, 2.75) is 31.6 Å². The number of aromatic carboxylic acids is 1. The summed E-state index contributed by atoms with van der Waals surface area (Å²) < 4.78 is 25.5. The van der Waals surface area contributed by atoms with Crippen LogP contribution in [0, 0.1) is 0 Å². The highest BCUT2D eigenvalue weighted by atomic mass is 35.5. The first-order chi connectivity index (χ1) is 11.3. The molecule has 0 saturated carbocycles. The smallest absolute Gasteiger partial charge is 0.335 e. The van der Waals surface area contributed by atoms with Crippen LogP contribution in [0.3, 0.4) is 0 Å². The second kappa shape index (κ2) is 6.54. The van der Waals surface area contributed by atoms with Crippen LogP contribution >= 0.6 is 23.2 Å². The predicted molar refractivity (Wildman–Crippen MR) is 94.3 cm³/mol. The average Bonchev–Trinajstić information content (AvgIpc) is 2.91. The summed E-state index contributed by atoms with van der Waals surface area (Å²) in [5, 5.41) is 9.62. The van der Waals surface area contributed by atoms with Crippen molar-refractivity contribution >= 4 is 39.0 Å². The van der Waals surface area contributed by atoms with Crippen molar-refractivity contribution in [3.05, 3.63) is 55.9 Å². The second-order valence-electron chi connectivity index (χ2n) is 6.06. The normalized spacial score (nSPS) is 20.8. The lowest BCUT2D eigenvalue weighted by Gasteiger charge is -2.17. The van der Waals surface area contributed by atoms with Crippen LogP contribution in [0.2, 0.25) is 0 Å². The van der Waals surface area contributed by atoms with E-state index in [-0.39, 0.29) is 27.2 Å². The molecule has 4 nitrogen and oxygen atoms in total. The lowest BCUT2D eigenvalue weighted by atomic mass is 10.0. The molecule has 0 aliphatic heterocycles. The van der Waals surface area contributed by atoms with Gasteiger partial charge in [0.2, 0.25) is 0 Å². The van der Waals surface area contributed by atoms with Gasteiger partial charge in [0.15, 0.2) is 9.84 Å². The van der Waals surface area contributed by atoms with Gasteiger partial charge in [-0.1, -0.05) is 35.3 Å². The van der Waals surface area contributed by atoms with E-state index in [1.165, 1.54) is 0 Å². The molecule has 1 aromatic rings. The maximum atomic E-state index is 12.8. The van der Waals surface area contributed by atoms with Crippen LogP contribution in [0.25, 0.3) is 0 Å². The van der Waals surface area contributed by atoms with E-state index >= 15 is 0 Å². The lowest BCUT2D eigenvalue weighted by molar-refractivity contribution is 0.0696. The fourth-order valence-corrected chi connectivity index (χ4v) is 5.89. The Morgan fingerprint density at radius 3 is 2.71 bits per heavy atom. The highest BCUT2D eigenvalue weighted by molar-refractivity contribution is 7.95. The van der Waals surface area contributed by atoms with Gasteiger partial charge in [0.05, 0.1) is 21.3 Å². The zero-order valence-electron chi connectivity index (χ0n) is 12.8. The number of hydrogen-bond donors (Lipinski definition) is 1. The minimum absolute atomic E-state index is 0.0880. The third kappa shape index (κ3) is 3.25. The fraction of sp³-hybridized carbons (Fsp3) is 0.353. The molecular formula is C17H16Cl2O4S. The Morgan fingerprint density at radius 1 is 1.25 bits per heavy atom. The number of benzene rings is 1. The van der Waals surface area contributed by atoms with Gasteiger partial charge in [0.25, 0.3) is 0 Å². The molecular weight excluding hydrogens is 371 g/mol. The van der Waals surface area contributed by atoms with Crippen LogP contribution in [0.4, 0.5) is 0 Å². The van der Waals surface area contributed by atoms with Gasteiger partial charge in [-0.15, -0.1) is 0 Å². The molecule has 1 atom stereocenters. The molecule has 7 heteroatoms. The van der Waals surface area contributed by atoms with Crippen molar-refractivity contribution in [3.8, 4) is 0 Å². The van der Waals surface area contributed by atoms with Crippen LogP contribution in [-0.4, -0.2) is 25.2 Å². The Labute approximate surface area is 150 Å². The molecule has 128 valence electrons. The Balaban J connectivity index is 1.90. The molecule has 0 bridgehead atoms. The molecule has 3 rings (SSSR count). The molecule has 0 fully saturated rings. The van der Waals surface area contributed by atoms with E-state index in [9.17, 15) is 13.2 Å². The van der Waals surface area contributed by atoms with Crippen LogP contribution in [0.15, 0.2) is 39.2 Å². The lowest BCUT2D eigenvalue weighted by Crippen LogP contribution is -2.17. The fourth-order valence-electron chi connectivity index (χ4n) is 3.28. The van der Waals surface area contributed by atoms with Gasteiger partial charge >= 0.3 is 5.97 Å². The van der Waals surface area contributed by atoms with E-state index < -0.39 is 15.8 Å². The highest BCUT2D eigenvalue weighted by Crippen LogP contribution is 2.39. The molecule has 0 heterocycles. The predicted octanol–water partition coefficient (Wildman–Crippen LogP) is 4.20. The Bertz CT molecular complexity index is 869. The molecule has 1 N–H and O–H groups in total. The van der Waals surface area contributed by atoms with Crippen LogP contribution in [0.1, 0.15) is 46.7 Å². The summed E-state index contributed by atoms with van der Waals surface area (Å²) in [6, 6.07) is 4.92. The maximum Gasteiger partial charge on any atom is 0.335 e. The van der Waals surface area contributed by atoms with E-state index in [0.29, 0.717) is 24.3 Å². The molecule has 1 aromatic carbocycles. The van der Waals surface area contributed by atoms with Crippen molar-refractivity contribution in [3.63, 3.8) is 0 Å². The molecule has 0 aromatic heterocycles. The summed E-state index contributed by atoms with van der Waals surface area (Å²) in [6.07, 6.45) is 4.15. The molecule has 0 radical (unpaired) electrons. The highest BCUT2D eigenvalue weighted by Gasteiger charge is 2.32. The van der Waals surface area contributed by atoms with Gasteiger partial charge in [-0.25, -0.2) is 13.2 Å². The largest absolute Gasteiger partial charge is 0.478 e. The number of carboxylic acid groups (broad SMARTS) is 1. The van der Waals surface area contributed by atoms with Crippen molar-refractivity contribution in [2.24, 2.45) is 0 Å². The van der Waals surface area contributed by atoms with Crippen molar-refractivity contribution in [1.82, 2.24) is 0 Å². The number of carboxylic acids is 1. The summed E-state index contributed by atoms with van der Waals surface area (Å²) in [7, 11) is -3.59. The second-order valence-corrected chi connectivity index (χ2v) is 8.90. The maximum absolute atomic E-state index is 12.8. The van der Waals surface area contributed by atoms with E-state index in [0.717, 1.165) is 17.5 Å². The van der Waals surface area contributed by atoms with Crippen molar-refractivity contribution in [2.75, 3.05) is 5.75 Å². The van der Waals surface area contributed by atoms with Gasteiger partial charge in [-0.3, -0.25) is 0 Å². The summed E-state index contributed by atoms with van der Waals surface area (Å²) in [5.41, 5.74) is 1.99. The molecule has 24 heavy (non-hydrogen) atoms. The van der Waals surface area contributed by atoms with Gasteiger partial charge in [0, 0.05) is 5.03 Å². The number of carbonyl (C=O) groups is 1. The Hall–Kier alpha value is -1.30. The summed E-state index contributed by atoms with van der Waals surface area (Å²) in [6.45, 7) is 0. The average molecular weight is 387 g/mol. The molecule has 0 amide bonds. The SMILES string of the molecule is O=C(O)c1ccc2c(c1)C(CS(=O)(=O)C1=CCCC(Cl)=C1Cl)CC2. The molecule has 2 aliphatic rings. The van der Waals surface area contributed by atoms with E-state index in [2.05, 4.69) is 0 Å². The van der Waals surface area contributed by atoms with Crippen LogP contribution in [-0.2, 0) is 16.3 Å². The summed E-state index contributed by atoms with van der Waals surface area (Å²) in [4.78, 5) is 11.3. The van der Waals surface area contributed by atoms with Crippen LogP contribution in [0.5, 0.6) is 0 Å². The van der Waals surface area contributed by atoms with Gasteiger partial charge in [0.1, 0.15) is 0 Å². The third-order valence-electron chi connectivity index (χ3n) is 4.50. The van der Waals surface area contributed by atoms with Gasteiger partial charge in [-0.2, -0.15) is 0 Å². The van der Waals surface area contributed by atoms with Crippen molar-refractivity contribution in [1.29, 1.82) is 0 Å². The van der Waals surface area contributed by atoms with Crippen molar-refractivity contribution < 1.29 is 18.3 Å². The summed E-state index contributed by atoms with van der Waals surface area (Å²) >= 11 is 12.1. The number of allylic oxidation sites excluding steroid dienone is 3. The molecule has 0 spiro atoms. The number of sulfone groups is 1. The molecule has 0 saturated heterocycles. The zero-order valence-corrected chi connectivity index (χ0v) is 15.1. The van der Waals surface area contributed by atoms with Gasteiger partial charge in [-0.05, 0) is 54.9 Å². The first-order valence-electron chi connectivity index (χ1n) is 7.63. The minimum Gasteiger partial charge on any atom is -0.478 e. The van der Waals surface area contributed by atoms with E-state index in [1.807, 2.05) is 0 Å². The monoisotopic (exact) mass is 386 g/mol. The number of aryl methyl sites for hydroxylation is 1. The summed E-state index contributed by atoms with van der Waals surface area (Å²) in [5.74, 6) is -1.33. The quantitative estimate of drug-likeness (QED) is 0.841. The van der Waals surface area contributed by atoms with Gasteiger partial charge < -0.3 is 5.11 Å². The van der Waals surface area contributed by atoms with E-state index in [1.54, 1.807) is 24.3 Å². The molecule has 2 aliphatic carbocycles. The third-order valence-corrected chi connectivity index (χ3v) is 7.40. The first kappa shape index (κ1) is 17.5. The molecule has 1 unspecified atom stereocenters. The number of hydrogen-bond acceptors (Lipinski definition) is 3. The number of rotatable bonds is 4. The minimum atomic E-state index is -3.59. The number of fused-ring (bicyclic) bond motifs is 1. The zero-order chi connectivity index (χ0) is 17.5. The standard InChI is InChI=1S/C17H16Cl2O4S/c18-14-2-1-3-15(16(14)19)24(22,23)9-12-7-5-10-4-6-11(17(20)21)8-13(10)12/h3-4,6,8,12H,1-2,5,7,9H2,(H,20,21). The number of halogens is 2.